The summed E-state index contributed by atoms with van der Waals surface area (Å²) < 4.78 is 0. The lowest BCUT2D eigenvalue weighted by atomic mass is 9.83. The Morgan fingerprint density at radius 2 is 1.58 bits per heavy atom. The van der Waals surface area contributed by atoms with Crippen molar-refractivity contribution in [3.05, 3.63) is 34.5 Å². The molecule has 1 unspecified atom stereocenters. The first-order valence-corrected chi connectivity index (χ1v) is 19.1. The maximum atomic E-state index is 14.1. The molecule has 0 spiro atoms. The van der Waals surface area contributed by atoms with Crippen LogP contribution in [0.3, 0.4) is 0 Å². The smallest absolute Gasteiger partial charge is 0.327 e. The molecule has 5 atom stereocenters. The molecule has 292 valence electrons. The summed E-state index contributed by atoms with van der Waals surface area (Å²) in [6.45, 7) is 3.93. The Morgan fingerprint density at radius 1 is 0.887 bits per heavy atom. The van der Waals surface area contributed by atoms with Crippen molar-refractivity contribution in [3.63, 3.8) is 0 Å². The topological polar surface area (TPSA) is 260 Å². The molecule has 2 aliphatic rings. The third kappa shape index (κ3) is 13.6. The molecular formula is C36H53N7O9S. The number of carbonyl (C=O) groups is 8. The third-order valence-corrected chi connectivity index (χ3v) is 10.3. The first kappa shape index (κ1) is 42.6. The van der Waals surface area contributed by atoms with Crippen LogP contribution >= 0.6 is 11.3 Å². The number of rotatable bonds is 20. The van der Waals surface area contributed by atoms with Crippen molar-refractivity contribution < 1.29 is 43.5 Å². The SMILES string of the molecule is CC(C)C[C@H](NC(=O)[C@@H]1CCCN1C(=O)[C@H](CCC(N)=O)NC(=O)C(CC/C=C/C(=O)O)NC(=O)c1cccs1)C(=O)N[C@H](C(N)=O)C1CCCCC1. The number of aliphatic carboxylic acids is 1. The molecule has 16 nitrogen and oxygen atoms in total. The number of amides is 7. The van der Waals surface area contributed by atoms with Crippen LogP contribution in [0.5, 0.6) is 0 Å². The van der Waals surface area contributed by atoms with Gasteiger partial charge in [0.2, 0.25) is 35.4 Å². The van der Waals surface area contributed by atoms with E-state index in [0.717, 1.165) is 49.5 Å². The van der Waals surface area contributed by atoms with Gasteiger partial charge in [0, 0.05) is 19.0 Å². The van der Waals surface area contributed by atoms with Crippen molar-refractivity contribution in [2.75, 3.05) is 6.54 Å². The summed E-state index contributed by atoms with van der Waals surface area (Å²) in [5, 5.41) is 21.5. The van der Waals surface area contributed by atoms with Crippen molar-refractivity contribution >= 4 is 58.7 Å². The molecule has 3 rings (SSSR count). The lowest BCUT2D eigenvalue weighted by Crippen LogP contribution is -2.59. The molecule has 2 fully saturated rings. The molecule has 0 bridgehead atoms. The number of nitrogens with two attached hydrogens (primary N) is 2. The van der Waals surface area contributed by atoms with Gasteiger partial charge in [-0.15, -0.1) is 11.3 Å². The van der Waals surface area contributed by atoms with Gasteiger partial charge in [0.15, 0.2) is 0 Å². The predicted molar refractivity (Wildman–Crippen MR) is 196 cm³/mol. The van der Waals surface area contributed by atoms with E-state index in [1.54, 1.807) is 17.5 Å². The normalized spacial score (nSPS) is 18.5. The number of carbonyl (C=O) groups excluding carboxylic acids is 7. The van der Waals surface area contributed by atoms with Gasteiger partial charge in [-0.05, 0) is 74.6 Å². The quantitative estimate of drug-likeness (QED) is 0.0938. The van der Waals surface area contributed by atoms with E-state index >= 15 is 0 Å². The highest BCUT2D eigenvalue weighted by Crippen LogP contribution is 2.27. The zero-order valence-corrected chi connectivity index (χ0v) is 31.2. The van der Waals surface area contributed by atoms with E-state index in [9.17, 15) is 38.4 Å². The second kappa shape index (κ2) is 21.0. The van der Waals surface area contributed by atoms with Crippen molar-refractivity contribution in [1.82, 2.24) is 26.2 Å². The molecule has 0 aromatic carbocycles. The third-order valence-electron chi connectivity index (χ3n) is 9.45. The van der Waals surface area contributed by atoms with Gasteiger partial charge in [-0.2, -0.15) is 0 Å². The van der Waals surface area contributed by atoms with Crippen LogP contribution < -0.4 is 32.7 Å². The largest absolute Gasteiger partial charge is 0.478 e. The molecule has 9 N–H and O–H groups in total. The highest BCUT2D eigenvalue weighted by Gasteiger charge is 2.40. The Balaban J connectivity index is 1.78. The standard InChI is InChI=1S/C36H53N7O9S/c1-21(2)20-25(33(49)42-30(31(38)47)22-10-4-3-5-11-22)41-34(50)26-13-8-18-43(26)36(52)24(16-17-28(37)44)40-32(48)23(12-6-7-15-29(45)46)39-35(51)27-14-9-19-53-27/h7,9,14-15,19,21-26,30H,3-6,8,10-13,16-18,20H2,1-2H3,(H2,37,44)(H2,38,47)(H,39,51)(H,40,48)(H,41,50)(H,42,49)(H,45,46)/b15-7+/t23?,24-,25-,26-,30-/m0/s1. The number of nitrogens with one attached hydrogen (secondary N) is 4. The van der Waals surface area contributed by atoms with Crippen molar-refractivity contribution in [2.24, 2.45) is 23.3 Å². The zero-order valence-electron chi connectivity index (χ0n) is 30.3. The highest BCUT2D eigenvalue weighted by molar-refractivity contribution is 7.12. The first-order valence-electron chi connectivity index (χ1n) is 18.2. The highest BCUT2D eigenvalue weighted by atomic mass is 32.1. The summed E-state index contributed by atoms with van der Waals surface area (Å²) in [4.78, 5) is 105. The van der Waals surface area contributed by atoms with Crippen LogP contribution in [0, 0.1) is 11.8 Å². The van der Waals surface area contributed by atoms with Crippen molar-refractivity contribution in [1.29, 1.82) is 0 Å². The number of nitrogens with zero attached hydrogens (tertiary/aromatic N) is 1. The minimum absolute atomic E-state index is 0.00509. The molecule has 17 heteroatoms. The molecule has 53 heavy (non-hydrogen) atoms. The fraction of sp³-hybridized carbons (Fsp3) is 0.611. The Kier molecular flexibility index (Phi) is 16.9. The number of carboxylic acids is 1. The summed E-state index contributed by atoms with van der Waals surface area (Å²) in [6.07, 6.45) is 7.27. The molecular weight excluding hydrogens is 707 g/mol. The average Bonchev–Trinajstić information content (AvgIpc) is 3.83. The first-order chi connectivity index (χ1) is 25.2. The number of hydrogen-bond donors (Lipinski definition) is 7. The van der Waals surface area contributed by atoms with E-state index in [1.165, 1.54) is 11.0 Å². The van der Waals surface area contributed by atoms with Gasteiger partial charge < -0.3 is 42.7 Å². The molecule has 1 aliphatic carbocycles. The van der Waals surface area contributed by atoms with E-state index in [2.05, 4.69) is 21.3 Å². The van der Waals surface area contributed by atoms with E-state index in [-0.39, 0.29) is 56.9 Å². The summed E-state index contributed by atoms with van der Waals surface area (Å²) in [7, 11) is 0. The fourth-order valence-corrected chi connectivity index (χ4v) is 7.41. The van der Waals surface area contributed by atoms with Crippen LogP contribution in [0.25, 0.3) is 0 Å². The molecule has 1 saturated heterocycles. The summed E-state index contributed by atoms with van der Waals surface area (Å²) in [5.41, 5.74) is 11.1. The van der Waals surface area contributed by atoms with Gasteiger partial charge in [-0.1, -0.05) is 45.3 Å². The van der Waals surface area contributed by atoms with Crippen molar-refractivity contribution in [2.45, 2.75) is 121 Å². The van der Waals surface area contributed by atoms with Crippen LogP contribution in [0.1, 0.15) is 101 Å². The molecule has 1 aromatic rings. The average molecular weight is 760 g/mol. The second-order valence-electron chi connectivity index (χ2n) is 14.1. The Bertz CT molecular complexity index is 1490. The summed E-state index contributed by atoms with van der Waals surface area (Å²) >= 11 is 1.15. The number of allylic oxidation sites excluding steroid dienone is 1. The Labute approximate surface area is 313 Å². The molecule has 0 radical (unpaired) electrons. The molecule has 1 aromatic heterocycles. The minimum Gasteiger partial charge on any atom is -0.478 e. The number of primary amides is 2. The van der Waals surface area contributed by atoms with Gasteiger partial charge in [0.1, 0.15) is 30.2 Å². The molecule has 1 saturated carbocycles. The van der Waals surface area contributed by atoms with Crippen LogP contribution in [-0.4, -0.2) is 94.1 Å². The number of hydrogen-bond acceptors (Lipinski definition) is 9. The maximum Gasteiger partial charge on any atom is 0.327 e. The van der Waals surface area contributed by atoms with Gasteiger partial charge in [-0.3, -0.25) is 33.6 Å². The number of thiophene rings is 1. The Morgan fingerprint density at radius 3 is 2.19 bits per heavy atom. The van der Waals surface area contributed by atoms with E-state index < -0.39 is 77.5 Å². The van der Waals surface area contributed by atoms with Crippen molar-refractivity contribution in [3.8, 4) is 0 Å². The summed E-state index contributed by atoms with van der Waals surface area (Å²) in [5.74, 6) is -5.73. The van der Waals surface area contributed by atoms with E-state index in [4.69, 9.17) is 16.6 Å². The monoisotopic (exact) mass is 759 g/mol. The zero-order chi connectivity index (χ0) is 39.1. The van der Waals surface area contributed by atoms with Gasteiger partial charge in [0.05, 0.1) is 4.88 Å². The second-order valence-corrected chi connectivity index (χ2v) is 15.0. The number of likely N-dealkylation sites (tertiary alicyclic amines) is 1. The fourth-order valence-electron chi connectivity index (χ4n) is 6.79. The molecule has 7 amide bonds. The maximum absolute atomic E-state index is 14.1. The lowest BCUT2D eigenvalue weighted by Gasteiger charge is -2.32. The van der Waals surface area contributed by atoms with Gasteiger partial charge in [-0.25, -0.2) is 4.79 Å². The van der Waals surface area contributed by atoms with E-state index in [0.29, 0.717) is 11.3 Å². The van der Waals surface area contributed by atoms with Crippen LogP contribution in [0.2, 0.25) is 0 Å². The van der Waals surface area contributed by atoms with E-state index in [1.807, 2.05) is 13.8 Å². The van der Waals surface area contributed by atoms with Gasteiger partial charge >= 0.3 is 5.97 Å². The molecule has 2 heterocycles. The predicted octanol–water partition coefficient (Wildman–Crippen LogP) is 1.09. The van der Waals surface area contributed by atoms with Crippen LogP contribution in [0.4, 0.5) is 0 Å². The minimum atomic E-state index is -1.30. The van der Waals surface area contributed by atoms with Crippen LogP contribution in [-0.2, 0) is 33.6 Å². The van der Waals surface area contributed by atoms with Crippen LogP contribution in [0.15, 0.2) is 29.7 Å². The summed E-state index contributed by atoms with van der Waals surface area (Å²) in [6, 6.07) is -2.14. The Hall–Kier alpha value is -4.80. The number of carboxylic acid groups (broad SMARTS) is 1. The molecule has 1 aliphatic heterocycles. The lowest BCUT2D eigenvalue weighted by molar-refractivity contribution is -0.142. The van der Waals surface area contributed by atoms with Gasteiger partial charge in [0.25, 0.3) is 5.91 Å².